The van der Waals surface area contributed by atoms with E-state index in [1.165, 1.54) is 12.4 Å². The molecule has 0 atom stereocenters. The van der Waals surface area contributed by atoms with E-state index in [1.807, 2.05) is 48.5 Å². The number of benzene rings is 2. The van der Waals surface area contributed by atoms with Crippen LogP contribution in [0.25, 0.3) is 11.4 Å². The quantitative estimate of drug-likeness (QED) is 0.495. The predicted octanol–water partition coefficient (Wildman–Crippen LogP) is 3.66. The van der Waals surface area contributed by atoms with Crippen LogP contribution in [0.5, 0.6) is 11.5 Å². The summed E-state index contributed by atoms with van der Waals surface area (Å²) in [4.78, 5) is 21.3. The Labute approximate surface area is 179 Å². The second kappa shape index (κ2) is 9.08. The molecule has 156 valence electrons. The number of nitrogens with zero attached hydrogens (tertiary/aromatic N) is 4. The summed E-state index contributed by atoms with van der Waals surface area (Å²) in [6.45, 7) is 0.395. The van der Waals surface area contributed by atoms with Gasteiger partial charge in [0.15, 0.2) is 17.3 Å². The van der Waals surface area contributed by atoms with Crippen molar-refractivity contribution in [2.45, 2.75) is 6.54 Å². The Bertz CT molecular complexity index is 1170. The first-order valence-electron chi connectivity index (χ1n) is 9.60. The summed E-state index contributed by atoms with van der Waals surface area (Å²) in [5.74, 6) is 2.05. The number of para-hydroxylation sites is 1. The van der Waals surface area contributed by atoms with E-state index in [9.17, 15) is 4.79 Å². The summed E-state index contributed by atoms with van der Waals surface area (Å²) in [6.07, 6.45) is 4.64. The van der Waals surface area contributed by atoms with Gasteiger partial charge in [0.2, 0.25) is 0 Å². The number of methoxy groups -OCH3 is 2. The molecule has 0 aliphatic carbocycles. The third-order valence-electron chi connectivity index (χ3n) is 4.71. The van der Waals surface area contributed by atoms with Gasteiger partial charge in [-0.1, -0.05) is 42.5 Å². The molecule has 4 rings (SSSR count). The Hall–Kier alpha value is -4.20. The zero-order valence-electron chi connectivity index (χ0n) is 17.1. The lowest BCUT2D eigenvalue weighted by atomic mass is 10.2. The standard InChI is InChI=1S/C23H21N5O3/c1-30-19-10-6-9-17(21(19)31-2)15-28-20(11-12-26-28)27-23(29)18-13-24-22(25-14-18)16-7-4-3-5-8-16/h3-14H,15H2,1-2H3,(H,27,29). The number of hydrogen-bond acceptors (Lipinski definition) is 6. The predicted molar refractivity (Wildman–Crippen MR) is 116 cm³/mol. The van der Waals surface area contributed by atoms with E-state index in [1.54, 1.807) is 31.2 Å². The summed E-state index contributed by atoms with van der Waals surface area (Å²) in [5.41, 5.74) is 2.11. The zero-order chi connectivity index (χ0) is 21.6. The molecule has 2 aromatic heterocycles. The number of aromatic nitrogens is 4. The summed E-state index contributed by atoms with van der Waals surface area (Å²) in [5, 5.41) is 7.18. The minimum Gasteiger partial charge on any atom is -0.493 e. The molecule has 0 aliphatic heterocycles. The van der Waals surface area contributed by atoms with Crippen LogP contribution in [0.15, 0.2) is 73.2 Å². The highest BCUT2D eigenvalue weighted by molar-refractivity contribution is 6.03. The normalized spacial score (nSPS) is 10.5. The van der Waals surface area contributed by atoms with E-state index in [-0.39, 0.29) is 5.91 Å². The van der Waals surface area contributed by atoms with E-state index in [0.29, 0.717) is 35.2 Å². The van der Waals surface area contributed by atoms with Crippen LogP contribution in [0.2, 0.25) is 0 Å². The maximum Gasteiger partial charge on any atom is 0.259 e. The second-order valence-electron chi connectivity index (χ2n) is 6.64. The van der Waals surface area contributed by atoms with Gasteiger partial charge in [0.25, 0.3) is 5.91 Å². The van der Waals surface area contributed by atoms with Gasteiger partial charge in [0.1, 0.15) is 5.82 Å². The number of carbonyl (C=O) groups is 1. The number of carbonyl (C=O) groups excluding carboxylic acids is 1. The van der Waals surface area contributed by atoms with E-state index in [0.717, 1.165) is 11.1 Å². The molecule has 0 aliphatic rings. The lowest BCUT2D eigenvalue weighted by molar-refractivity contribution is 0.102. The molecule has 8 heteroatoms. The summed E-state index contributed by atoms with van der Waals surface area (Å²) < 4.78 is 12.5. The highest BCUT2D eigenvalue weighted by Crippen LogP contribution is 2.31. The smallest absolute Gasteiger partial charge is 0.259 e. The monoisotopic (exact) mass is 415 g/mol. The fourth-order valence-corrected chi connectivity index (χ4v) is 3.17. The topological polar surface area (TPSA) is 91.2 Å². The second-order valence-corrected chi connectivity index (χ2v) is 6.64. The third kappa shape index (κ3) is 4.37. The van der Waals surface area contributed by atoms with Crippen molar-refractivity contribution in [3.8, 4) is 22.9 Å². The van der Waals surface area contributed by atoms with Crippen LogP contribution in [-0.4, -0.2) is 39.9 Å². The Kier molecular flexibility index (Phi) is 5.89. The highest BCUT2D eigenvalue weighted by Gasteiger charge is 2.14. The number of anilines is 1. The summed E-state index contributed by atoms with van der Waals surface area (Å²) in [6, 6.07) is 16.9. The van der Waals surface area contributed by atoms with Crippen LogP contribution in [0, 0.1) is 0 Å². The average molecular weight is 415 g/mol. The van der Waals surface area contributed by atoms with E-state index in [2.05, 4.69) is 20.4 Å². The van der Waals surface area contributed by atoms with Gasteiger partial charge in [-0.25, -0.2) is 14.6 Å². The lowest BCUT2D eigenvalue weighted by Crippen LogP contribution is -2.17. The summed E-state index contributed by atoms with van der Waals surface area (Å²) >= 11 is 0. The van der Waals surface area contributed by atoms with Gasteiger partial charge < -0.3 is 14.8 Å². The molecule has 0 spiro atoms. The first kappa shape index (κ1) is 20.1. The highest BCUT2D eigenvalue weighted by atomic mass is 16.5. The minimum absolute atomic E-state index is 0.320. The Morgan fingerprint density at radius 2 is 1.74 bits per heavy atom. The molecule has 8 nitrogen and oxygen atoms in total. The first-order valence-corrected chi connectivity index (χ1v) is 9.60. The maximum absolute atomic E-state index is 12.7. The Morgan fingerprint density at radius 1 is 0.968 bits per heavy atom. The van der Waals surface area contributed by atoms with E-state index >= 15 is 0 Å². The van der Waals surface area contributed by atoms with Crippen molar-refractivity contribution < 1.29 is 14.3 Å². The van der Waals surface area contributed by atoms with Gasteiger partial charge in [-0.2, -0.15) is 5.10 Å². The first-order chi connectivity index (χ1) is 15.2. The van der Waals surface area contributed by atoms with Gasteiger partial charge in [0, 0.05) is 29.6 Å². The molecule has 1 N–H and O–H groups in total. The molecule has 31 heavy (non-hydrogen) atoms. The molecule has 4 aromatic rings. The van der Waals surface area contributed by atoms with E-state index < -0.39 is 0 Å². The Morgan fingerprint density at radius 3 is 2.45 bits per heavy atom. The van der Waals surface area contributed by atoms with Gasteiger partial charge >= 0.3 is 0 Å². The van der Waals surface area contributed by atoms with Crippen molar-refractivity contribution in [2.24, 2.45) is 0 Å². The minimum atomic E-state index is -0.320. The number of rotatable bonds is 7. The van der Waals surface area contributed by atoms with Crippen LogP contribution in [0.3, 0.4) is 0 Å². The molecule has 2 aromatic carbocycles. The van der Waals surface area contributed by atoms with Crippen LogP contribution in [-0.2, 0) is 6.54 Å². The fraction of sp³-hybridized carbons (Fsp3) is 0.130. The van der Waals surface area contributed by atoms with Crippen LogP contribution in [0.1, 0.15) is 15.9 Å². The van der Waals surface area contributed by atoms with Crippen molar-refractivity contribution in [2.75, 3.05) is 19.5 Å². The number of amides is 1. The number of ether oxygens (including phenoxy) is 2. The van der Waals surface area contributed by atoms with Crippen molar-refractivity contribution in [1.29, 1.82) is 0 Å². The molecular formula is C23H21N5O3. The average Bonchev–Trinajstić information content (AvgIpc) is 3.25. The van der Waals surface area contributed by atoms with Gasteiger partial charge in [-0.15, -0.1) is 0 Å². The molecule has 0 saturated carbocycles. The molecule has 0 bridgehead atoms. The van der Waals surface area contributed by atoms with Crippen molar-refractivity contribution >= 4 is 11.7 Å². The number of nitrogens with one attached hydrogen (secondary N) is 1. The SMILES string of the molecule is COc1cccc(Cn2nccc2NC(=O)c2cnc(-c3ccccc3)nc2)c1OC. The van der Waals surface area contributed by atoms with Gasteiger partial charge in [-0.3, -0.25) is 4.79 Å². The Balaban J connectivity index is 1.50. The molecule has 0 radical (unpaired) electrons. The number of hydrogen-bond donors (Lipinski definition) is 1. The van der Waals surface area contributed by atoms with Crippen LogP contribution in [0.4, 0.5) is 5.82 Å². The van der Waals surface area contributed by atoms with E-state index in [4.69, 9.17) is 9.47 Å². The van der Waals surface area contributed by atoms with Gasteiger partial charge in [0.05, 0.1) is 32.5 Å². The summed E-state index contributed by atoms with van der Waals surface area (Å²) in [7, 11) is 3.18. The molecular weight excluding hydrogens is 394 g/mol. The molecule has 0 saturated heterocycles. The molecule has 0 fully saturated rings. The van der Waals surface area contributed by atoms with Gasteiger partial charge in [-0.05, 0) is 6.07 Å². The lowest BCUT2D eigenvalue weighted by Gasteiger charge is -2.14. The van der Waals surface area contributed by atoms with Crippen LogP contribution >= 0.6 is 0 Å². The van der Waals surface area contributed by atoms with Crippen molar-refractivity contribution in [3.05, 3.63) is 84.3 Å². The molecule has 0 unspecified atom stereocenters. The zero-order valence-corrected chi connectivity index (χ0v) is 17.1. The maximum atomic E-state index is 12.7. The third-order valence-corrected chi connectivity index (χ3v) is 4.71. The fourth-order valence-electron chi connectivity index (χ4n) is 3.17. The van der Waals surface area contributed by atoms with Crippen molar-refractivity contribution in [3.63, 3.8) is 0 Å². The molecule has 1 amide bonds. The van der Waals surface area contributed by atoms with Crippen LogP contribution < -0.4 is 14.8 Å². The van der Waals surface area contributed by atoms with Crippen molar-refractivity contribution in [1.82, 2.24) is 19.7 Å². The molecule has 2 heterocycles. The largest absolute Gasteiger partial charge is 0.493 e.